The van der Waals surface area contributed by atoms with Crippen molar-refractivity contribution in [3.63, 3.8) is 0 Å². The maximum absolute atomic E-state index is 12.0. The number of anilines is 1. The van der Waals surface area contributed by atoms with Crippen LogP contribution in [0.25, 0.3) is 0 Å². The Bertz CT molecular complexity index is 646. The Balaban J connectivity index is 2.31. The summed E-state index contributed by atoms with van der Waals surface area (Å²) in [6.45, 7) is 0. The number of carboxylic acid groups (broad SMARTS) is 1. The van der Waals surface area contributed by atoms with Gasteiger partial charge >= 0.3 is 5.97 Å². The van der Waals surface area contributed by atoms with Gasteiger partial charge in [-0.15, -0.1) is 0 Å². The van der Waals surface area contributed by atoms with Crippen LogP contribution < -0.4 is 5.32 Å². The van der Waals surface area contributed by atoms with Crippen LogP contribution in [0.15, 0.2) is 41.3 Å². The number of carbonyl (C=O) groups is 2. The second kappa shape index (κ2) is 5.57. The Kier molecular flexibility index (Phi) is 3.86. The van der Waals surface area contributed by atoms with Crippen LogP contribution in [0.1, 0.15) is 20.8 Å². The molecule has 2 N–H and O–H groups in total. The summed E-state index contributed by atoms with van der Waals surface area (Å²) >= 11 is 3.23. The number of aromatic carboxylic acids is 1. The van der Waals surface area contributed by atoms with Crippen LogP contribution in [-0.2, 0) is 0 Å². The average molecular weight is 322 g/mol. The van der Waals surface area contributed by atoms with Crippen molar-refractivity contribution >= 4 is 33.5 Å². The molecule has 0 unspecified atom stereocenters. The zero-order valence-electron chi connectivity index (χ0n) is 9.50. The summed E-state index contributed by atoms with van der Waals surface area (Å²) in [6, 6.07) is 4.37. The van der Waals surface area contributed by atoms with Gasteiger partial charge < -0.3 is 10.4 Å². The standard InChI is InChI=1S/C12H8BrN3O3/c13-8-6-14-5-3-9(8)16-11(17)10-7(12(18)19)2-1-4-15-10/h1-6H,(H,18,19)(H,14,16,17). The van der Waals surface area contributed by atoms with E-state index in [1.54, 1.807) is 6.07 Å². The second-order valence-electron chi connectivity index (χ2n) is 3.51. The third kappa shape index (κ3) is 2.94. The molecule has 19 heavy (non-hydrogen) atoms. The second-order valence-corrected chi connectivity index (χ2v) is 4.37. The minimum atomic E-state index is -1.20. The molecule has 0 fully saturated rings. The van der Waals surface area contributed by atoms with Crippen molar-refractivity contribution in [2.45, 2.75) is 0 Å². The summed E-state index contributed by atoms with van der Waals surface area (Å²) < 4.78 is 0.594. The maximum Gasteiger partial charge on any atom is 0.338 e. The fraction of sp³-hybridized carbons (Fsp3) is 0. The first-order valence-corrected chi connectivity index (χ1v) is 5.98. The van der Waals surface area contributed by atoms with Gasteiger partial charge in [0.05, 0.1) is 15.7 Å². The third-order valence-electron chi connectivity index (χ3n) is 2.27. The first kappa shape index (κ1) is 13.2. The van der Waals surface area contributed by atoms with Crippen molar-refractivity contribution in [3.8, 4) is 0 Å². The topological polar surface area (TPSA) is 92.2 Å². The highest BCUT2D eigenvalue weighted by Gasteiger charge is 2.18. The molecule has 2 rings (SSSR count). The molecule has 0 radical (unpaired) electrons. The number of nitrogens with one attached hydrogen (secondary N) is 1. The van der Waals surface area contributed by atoms with Crippen molar-refractivity contribution in [3.05, 3.63) is 52.5 Å². The van der Waals surface area contributed by atoms with Crippen molar-refractivity contribution in [1.29, 1.82) is 0 Å². The normalized spacial score (nSPS) is 9.95. The van der Waals surface area contributed by atoms with Crippen LogP contribution in [0.3, 0.4) is 0 Å². The molecule has 2 aromatic rings. The summed E-state index contributed by atoms with van der Waals surface area (Å²) in [5.74, 6) is -1.79. The molecule has 0 aliphatic carbocycles. The highest BCUT2D eigenvalue weighted by atomic mass is 79.9. The van der Waals surface area contributed by atoms with E-state index in [1.165, 1.54) is 30.7 Å². The van der Waals surface area contributed by atoms with Gasteiger partial charge in [-0.1, -0.05) is 0 Å². The van der Waals surface area contributed by atoms with Gasteiger partial charge in [0.25, 0.3) is 5.91 Å². The Labute approximate surface area is 116 Å². The van der Waals surface area contributed by atoms with Gasteiger partial charge in [-0.05, 0) is 34.1 Å². The van der Waals surface area contributed by atoms with Crippen LogP contribution in [-0.4, -0.2) is 27.0 Å². The van der Waals surface area contributed by atoms with Gasteiger partial charge in [0.1, 0.15) is 5.69 Å². The summed E-state index contributed by atoms with van der Waals surface area (Å²) in [4.78, 5) is 30.7. The molecule has 6 nitrogen and oxygen atoms in total. The fourth-order valence-electron chi connectivity index (χ4n) is 1.42. The van der Waals surface area contributed by atoms with Crippen molar-refractivity contribution < 1.29 is 14.7 Å². The number of halogens is 1. The number of aromatic nitrogens is 2. The van der Waals surface area contributed by atoms with Gasteiger partial charge in [-0.25, -0.2) is 4.79 Å². The van der Waals surface area contributed by atoms with Crippen molar-refractivity contribution in [1.82, 2.24) is 9.97 Å². The lowest BCUT2D eigenvalue weighted by molar-refractivity contribution is 0.0691. The van der Waals surface area contributed by atoms with Gasteiger partial charge in [0.15, 0.2) is 0 Å². The SMILES string of the molecule is O=C(O)c1cccnc1C(=O)Nc1ccncc1Br. The zero-order chi connectivity index (χ0) is 13.8. The molecule has 0 spiro atoms. The van der Waals surface area contributed by atoms with Crippen LogP contribution >= 0.6 is 15.9 Å². The van der Waals surface area contributed by atoms with E-state index in [4.69, 9.17) is 5.11 Å². The van der Waals surface area contributed by atoms with Crippen molar-refractivity contribution in [2.75, 3.05) is 5.32 Å². The Morgan fingerprint density at radius 2 is 2.05 bits per heavy atom. The lowest BCUT2D eigenvalue weighted by Gasteiger charge is -2.07. The quantitative estimate of drug-likeness (QED) is 0.904. The maximum atomic E-state index is 12.0. The molecule has 2 aromatic heterocycles. The Morgan fingerprint density at radius 3 is 2.74 bits per heavy atom. The smallest absolute Gasteiger partial charge is 0.338 e. The summed E-state index contributed by atoms with van der Waals surface area (Å²) in [6.07, 6.45) is 4.39. The highest BCUT2D eigenvalue weighted by Crippen LogP contribution is 2.20. The third-order valence-corrected chi connectivity index (χ3v) is 2.91. The zero-order valence-corrected chi connectivity index (χ0v) is 11.1. The van der Waals surface area contributed by atoms with E-state index >= 15 is 0 Å². The van der Waals surface area contributed by atoms with Gasteiger partial charge in [-0.2, -0.15) is 0 Å². The molecule has 2 heterocycles. The molecular weight excluding hydrogens is 314 g/mol. The molecule has 0 bridgehead atoms. The first-order chi connectivity index (χ1) is 9.09. The monoisotopic (exact) mass is 321 g/mol. The van der Waals surface area contributed by atoms with E-state index in [0.29, 0.717) is 10.2 Å². The minimum absolute atomic E-state index is 0.140. The molecule has 0 aromatic carbocycles. The molecule has 0 saturated heterocycles. The summed E-state index contributed by atoms with van der Waals surface area (Å²) in [5.41, 5.74) is 0.200. The van der Waals surface area contributed by atoms with Crippen molar-refractivity contribution in [2.24, 2.45) is 0 Å². The van der Waals surface area contributed by atoms with E-state index in [2.05, 4.69) is 31.2 Å². The number of pyridine rings is 2. The average Bonchev–Trinajstić information content (AvgIpc) is 2.41. The fourth-order valence-corrected chi connectivity index (χ4v) is 1.77. The summed E-state index contributed by atoms with van der Waals surface area (Å²) in [5, 5.41) is 11.6. The minimum Gasteiger partial charge on any atom is -0.478 e. The number of carbonyl (C=O) groups excluding carboxylic acids is 1. The number of hydrogen-bond donors (Lipinski definition) is 2. The summed E-state index contributed by atoms with van der Waals surface area (Å²) in [7, 11) is 0. The lowest BCUT2D eigenvalue weighted by atomic mass is 10.2. The Hall–Kier alpha value is -2.28. The number of nitrogens with zero attached hydrogens (tertiary/aromatic N) is 2. The lowest BCUT2D eigenvalue weighted by Crippen LogP contribution is -2.18. The molecule has 1 amide bonds. The largest absolute Gasteiger partial charge is 0.478 e. The molecule has 96 valence electrons. The number of hydrogen-bond acceptors (Lipinski definition) is 4. The van der Waals surface area contributed by atoms with Gasteiger partial charge in [0.2, 0.25) is 0 Å². The predicted molar refractivity (Wildman–Crippen MR) is 71.1 cm³/mol. The first-order valence-electron chi connectivity index (χ1n) is 5.19. The molecule has 0 atom stereocenters. The van der Waals surface area contributed by atoms with Gasteiger partial charge in [-0.3, -0.25) is 14.8 Å². The molecule has 0 aliphatic heterocycles. The molecule has 7 heteroatoms. The van der Waals surface area contributed by atoms with E-state index < -0.39 is 11.9 Å². The van der Waals surface area contributed by atoms with Crippen LogP contribution in [0.5, 0.6) is 0 Å². The molecule has 0 saturated carbocycles. The molecular formula is C12H8BrN3O3. The molecule has 0 aliphatic rings. The van der Waals surface area contributed by atoms with E-state index in [9.17, 15) is 9.59 Å². The number of carboxylic acids is 1. The van der Waals surface area contributed by atoms with Crippen LogP contribution in [0, 0.1) is 0 Å². The van der Waals surface area contributed by atoms with E-state index in [0.717, 1.165) is 0 Å². The van der Waals surface area contributed by atoms with E-state index in [-0.39, 0.29) is 11.3 Å². The predicted octanol–water partition coefficient (Wildman–Crippen LogP) is 2.19. The number of rotatable bonds is 3. The highest BCUT2D eigenvalue weighted by molar-refractivity contribution is 9.10. The van der Waals surface area contributed by atoms with E-state index in [1.807, 2.05) is 0 Å². The van der Waals surface area contributed by atoms with Crippen LogP contribution in [0.4, 0.5) is 5.69 Å². The van der Waals surface area contributed by atoms with Gasteiger partial charge in [0, 0.05) is 18.6 Å². The van der Waals surface area contributed by atoms with Crippen LogP contribution in [0.2, 0.25) is 0 Å². The Morgan fingerprint density at radius 1 is 1.26 bits per heavy atom. The number of amides is 1.